The molecule has 0 unspecified atom stereocenters. The van der Waals surface area contributed by atoms with Crippen molar-refractivity contribution in [3.05, 3.63) is 15.6 Å². The Bertz CT molecular complexity index is 665. The first kappa shape index (κ1) is 18.3. The predicted molar refractivity (Wildman–Crippen MR) is 96.6 cm³/mol. The highest BCUT2D eigenvalue weighted by molar-refractivity contribution is 7.11. The standard InChI is InChI=1S/C18H27N3O3S/c1-4-14-16(25-12(2)19-14)10-21-11-18(9-15(21)17(23)24)5-7-20(8-6-18)13(3)22/h15H,4-11H2,1-3H3,(H,23,24)/t15-/m0/s1. The zero-order valence-electron chi connectivity index (χ0n) is 15.2. The van der Waals surface area contributed by atoms with Gasteiger partial charge in [-0.05, 0) is 38.0 Å². The molecule has 138 valence electrons. The van der Waals surface area contributed by atoms with E-state index in [0.717, 1.165) is 49.6 Å². The Morgan fingerprint density at radius 2 is 2.04 bits per heavy atom. The Labute approximate surface area is 152 Å². The van der Waals surface area contributed by atoms with Gasteiger partial charge in [0.05, 0.1) is 10.7 Å². The van der Waals surface area contributed by atoms with Crippen LogP contribution in [0.5, 0.6) is 0 Å². The number of carboxylic acids is 1. The maximum Gasteiger partial charge on any atom is 0.320 e. The molecule has 1 aromatic rings. The predicted octanol–water partition coefficient (Wildman–Crippen LogP) is 2.30. The molecule has 6 nitrogen and oxygen atoms in total. The zero-order chi connectivity index (χ0) is 18.2. The second-order valence-electron chi connectivity index (χ2n) is 7.43. The average Bonchev–Trinajstić information content (AvgIpc) is 3.09. The van der Waals surface area contributed by atoms with E-state index in [1.54, 1.807) is 18.3 Å². The molecule has 1 amide bonds. The Kier molecular flexibility index (Phi) is 5.16. The molecule has 1 spiro atoms. The third-order valence-corrected chi connectivity index (χ3v) is 6.72. The summed E-state index contributed by atoms with van der Waals surface area (Å²) in [7, 11) is 0. The topological polar surface area (TPSA) is 73.7 Å². The van der Waals surface area contributed by atoms with Gasteiger partial charge < -0.3 is 10.0 Å². The van der Waals surface area contributed by atoms with Crippen molar-refractivity contribution in [1.29, 1.82) is 0 Å². The van der Waals surface area contributed by atoms with E-state index in [1.807, 2.05) is 11.8 Å². The lowest BCUT2D eigenvalue weighted by atomic mass is 9.76. The van der Waals surface area contributed by atoms with Gasteiger partial charge in [-0.2, -0.15) is 0 Å². The number of aliphatic carboxylic acids is 1. The summed E-state index contributed by atoms with van der Waals surface area (Å²) in [5, 5.41) is 10.8. The number of carbonyl (C=O) groups is 2. The van der Waals surface area contributed by atoms with Crippen LogP contribution in [0, 0.1) is 12.3 Å². The third kappa shape index (κ3) is 3.72. The maximum absolute atomic E-state index is 11.8. The molecular formula is C18H27N3O3S. The van der Waals surface area contributed by atoms with Crippen LogP contribution in [0.15, 0.2) is 0 Å². The van der Waals surface area contributed by atoms with Crippen molar-refractivity contribution in [2.75, 3.05) is 19.6 Å². The molecule has 1 aromatic heterocycles. The van der Waals surface area contributed by atoms with E-state index >= 15 is 0 Å². The van der Waals surface area contributed by atoms with Crippen LogP contribution in [-0.2, 0) is 22.6 Å². The van der Waals surface area contributed by atoms with E-state index in [0.29, 0.717) is 13.0 Å². The molecule has 25 heavy (non-hydrogen) atoms. The molecule has 0 bridgehead atoms. The molecule has 2 saturated heterocycles. The number of hydrogen-bond acceptors (Lipinski definition) is 5. The van der Waals surface area contributed by atoms with Gasteiger partial charge in [0.25, 0.3) is 0 Å². The number of carbonyl (C=O) groups excluding carboxylic acids is 1. The second-order valence-corrected chi connectivity index (χ2v) is 8.71. The van der Waals surface area contributed by atoms with Gasteiger partial charge in [0.2, 0.25) is 5.91 Å². The van der Waals surface area contributed by atoms with E-state index in [1.165, 1.54) is 4.88 Å². The van der Waals surface area contributed by atoms with Crippen molar-refractivity contribution in [3.63, 3.8) is 0 Å². The van der Waals surface area contributed by atoms with E-state index in [2.05, 4.69) is 16.8 Å². The van der Waals surface area contributed by atoms with Crippen LogP contribution in [0.4, 0.5) is 0 Å². The number of piperidine rings is 1. The van der Waals surface area contributed by atoms with Crippen LogP contribution in [0.25, 0.3) is 0 Å². The maximum atomic E-state index is 11.8. The van der Waals surface area contributed by atoms with E-state index < -0.39 is 12.0 Å². The number of rotatable bonds is 4. The van der Waals surface area contributed by atoms with Crippen molar-refractivity contribution in [1.82, 2.24) is 14.8 Å². The minimum Gasteiger partial charge on any atom is -0.480 e. The van der Waals surface area contributed by atoms with E-state index in [4.69, 9.17) is 0 Å². The lowest BCUT2D eigenvalue weighted by molar-refractivity contribution is -0.142. The molecule has 0 aromatic carbocycles. The Morgan fingerprint density at radius 1 is 1.36 bits per heavy atom. The number of nitrogens with zero attached hydrogens (tertiary/aromatic N) is 3. The summed E-state index contributed by atoms with van der Waals surface area (Å²) in [5.74, 6) is -0.614. The molecule has 0 saturated carbocycles. The SMILES string of the molecule is CCc1nc(C)sc1CN1CC2(CCN(C(C)=O)CC2)C[C@H]1C(=O)O. The fraction of sp³-hybridized carbons (Fsp3) is 0.722. The fourth-order valence-electron chi connectivity index (χ4n) is 4.31. The zero-order valence-corrected chi connectivity index (χ0v) is 16.1. The summed E-state index contributed by atoms with van der Waals surface area (Å²) in [5.41, 5.74) is 1.13. The number of thiazole rings is 1. The van der Waals surface area contributed by atoms with E-state index in [9.17, 15) is 14.7 Å². The molecule has 0 radical (unpaired) electrons. The van der Waals surface area contributed by atoms with Crippen LogP contribution in [0.3, 0.4) is 0 Å². The smallest absolute Gasteiger partial charge is 0.320 e. The number of hydrogen-bond donors (Lipinski definition) is 1. The first-order valence-corrected chi connectivity index (χ1v) is 9.83. The van der Waals surface area contributed by atoms with Gasteiger partial charge in [-0.15, -0.1) is 11.3 Å². The number of carboxylic acid groups (broad SMARTS) is 1. The number of likely N-dealkylation sites (tertiary alicyclic amines) is 2. The minimum atomic E-state index is -0.731. The monoisotopic (exact) mass is 365 g/mol. The molecule has 2 fully saturated rings. The van der Waals surface area contributed by atoms with Gasteiger partial charge >= 0.3 is 5.97 Å². The second kappa shape index (κ2) is 7.03. The van der Waals surface area contributed by atoms with Crippen LogP contribution in [0.1, 0.15) is 48.7 Å². The lowest BCUT2D eigenvalue weighted by Crippen LogP contribution is -2.43. The summed E-state index contributed by atoms with van der Waals surface area (Å²) >= 11 is 1.68. The molecule has 0 aliphatic carbocycles. The first-order valence-electron chi connectivity index (χ1n) is 9.01. The largest absolute Gasteiger partial charge is 0.480 e. The molecule has 2 aliphatic heterocycles. The van der Waals surface area contributed by atoms with Gasteiger partial charge in [-0.3, -0.25) is 14.5 Å². The van der Waals surface area contributed by atoms with Crippen molar-refractivity contribution >= 4 is 23.2 Å². The summed E-state index contributed by atoms with van der Waals surface area (Å²) < 4.78 is 0. The van der Waals surface area contributed by atoms with Gasteiger partial charge in [0, 0.05) is 38.0 Å². The molecule has 1 N–H and O–H groups in total. The number of aromatic nitrogens is 1. The number of aryl methyl sites for hydroxylation is 2. The van der Waals surface area contributed by atoms with Crippen LogP contribution >= 0.6 is 11.3 Å². The van der Waals surface area contributed by atoms with E-state index in [-0.39, 0.29) is 11.3 Å². The van der Waals surface area contributed by atoms with Gasteiger partial charge in [-0.25, -0.2) is 4.98 Å². The molecule has 3 rings (SSSR count). The van der Waals surface area contributed by atoms with Gasteiger partial charge in [0.1, 0.15) is 6.04 Å². The highest BCUT2D eigenvalue weighted by Gasteiger charge is 2.48. The molecule has 1 atom stereocenters. The van der Waals surface area contributed by atoms with Crippen molar-refractivity contribution < 1.29 is 14.7 Å². The van der Waals surface area contributed by atoms with Crippen molar-refractivity contribution in [2.45, 2.75) is 59.0 Å². The van der Waals surface area contributed by atoms with Gasteiger partial charge in [0.15, 0.2) is 0 Å². The Morgan fingerprint density at radius 3 is 2.60 bits per heavy atom. The quantitative estimate of drug-likeness (QED) is 0.886. The first-order chi connectivity index (χ1) is 11.8. The fourth-order valence-corrected chi connectivity index (χ4v) is 5.36. The highest BCUT2D eigenvalue weighted by atomic mass is 32.1. The lowest BCUT2D eigenvalue weighted by Gasteiger charge is -2.39. The molecule has 3 heterocycles. The van der Waals surface area contributed by atoms with Crippen LogP contribution in [-0.4, -0.2) is 57.4 Å². The Hall–Kier alpha value is -1.47. The molecular weight excluding hydrogens is 338 g/mol. The van der Waals surface area contributed by atoms with Crippen molar-refractivity contribution in [3.8, 4) is 0 Å². The third-order valence-electron chi connectivity index (χ3n) is 5.73. The summed E-state index contributed by atoms with van der Waals surface area (Å²) in [6.07, 6.45) is 3.36. The normalized spacial score (nSPS) is 23.3. The highest BCUT2D eigenvalue weighted by Crippen LogP contribution is 2.44. The minimum absolute atomic E-state index is 0.0289. The summed E-state index contributed by atoms with van der Waals surface area (Å²) in [6.45, 7) is 8.67. The van der Waals surface area contributed by atoms with Crippen LogP contribution in [0.2, 0.25) is 0 Å². The van der Waals surface area contributed by atoms with Gasteiger partial charge in [-0.1, -0.05) is 6.92 Å². The summed E-state index contributed by atoms with van der Waals surface area (Å²) in [6, 6.07) is -0.434. The van der Waals surface area contributed by atoms with Crippen LogP contribution < -0.4 is 0 Å². The Balaban J connectivity index is 1.75. The number of amides is 1. The molecule has 2 aliphatic rings. The average molecular weight is 365 g/mol. The van der Waals surface area contributed by atoms with Crippen molar-refractivity contribution in [2.24, 2.45) is 5.41 Å². The molecule has 7 heteroatoms. The summed E-state index contributed by atoms with van der Waals surface area (Å²) in [4.78, 5) is 33.2.